The lowest BCUT2D eigenvalue weighted by Crippen LogP contribution is -2.34. The van der Waals surface area contributed by atoms with Crippen molar-refractivity contribution in [3.8, 4) is 5.75 Å². The molecule has 0 aliphatic carbocycles. The molecular weight excluding hydrogens is 502 g/mol. The number of anilines is 1. The average Bonchev–Trinajstić information content (AvgIpc) is 3.17. The van der Waals surface area contributed by atoms with Gasteiger partial charge in [0.05, 0.1) is 11.6 Å². The molecule has 8 heteroatoms. The Morgan fingerprint density at radius 2 is 1.88 bits per heavy atom. The molecule has 0 bridgehead atoms. The smallest absolute Gasteiger partial charge is 0.257 e. The summed E-state index contributed by atoms with van der Waals surface area (Å²) < 4.78 is 11.8. The highest BCUT2D eigenvalue weighted by Crippen LogP contribution is 2.26. The fourth-order valence-corrected chi connectivity index (χ4v) is 4.28. The SMILES string of the molecule is COc1ccc(C(=O)NC(=S)Nc2ccc(Cc3nc4cc(C)cc(C)c4o3)cc2)cc1Br. The maximum atomic E-state index is 12.5. The van der Waals surface area contributed by atoms with E-state index in [0.29, 0.717) is 28.1 Å². The van der Waals surface area contributed by atoms with Crippen molar-refractivity contribution < 1.29 is 13.9 Å². The molecule has 3 aromatic carbocycles. The van der Waals surface area contributed by atoms with Crippen LogP contribution in [0, 0.1) is 13.8 Å². The molecule has 0 fully saturated rings. The summed E-state index contributed by atoms with van der Waals surface area (Å²) in [5.74, 6) is 1.01. The van der Waals surface area contributed by atoms with Crippen LogP contribution in [-0.4, -0.2) is 23.1 Å². The van der Waals surface area contributed by atoms with E-state index in [9.17, 15) is 4.79 Å². The Kier molecular flexibility index (Phi) is 6.76. The van der Waals surface area contributed by atoms with E-state index >= 15 is 0 Å². The van der Waals surface area contributed by atoms with Gasteiger partial charge in [-0.25, -0.2) is 4.98 Å². The van der Waals surface area contributed by atoms with Crippen molar-refractivity contribution in [1.82, 2.24) is 10.3 Å². The number of hydrogen-bond donors (Lipinski definition) is 2. The molecule has 0 aliphatic heterocycles. The lowest BCUT2D eigenvalue weighted by molar-refractivity contribution is 0.0977. The van der Waals surface area contributed by atoms with E-state index < -0.39 is 0 Å². The normalized spacial score (nSPS) is 10.8. The number of rotatable bonds is 5. The molecule has 1 aromatic heterocycles. The molecule has 2 N–H and O–H groups in total. The molecule has 1 amide bonds. The molecule has 0 saturated heterocycles. The van der Waals surface area contributed by atoms with Gasteiger partial charge in [0.2, 0.25) is 0 Å². The number of fused-ring (bicyclic) bond motifs is 1. The first-order valence-electron chi connectivity index (χ1n) is 10.2. The van der Waals surface area contributed by atoms with Crippen LogP contribution in [0.4, 0.5) is 5.69 Å². The first kappa shape index (κ1) is 22.9. The molecule has 6 nitrogen and oxygen atoms in total. The van der Waals surface area contributed by atoms with Crippen molar-refractivity contribution in [1.29, 1.82) is 0 Å². The van der Waals surface area contributed by atoms with Gasteiger partial charge in [0, 0.05) is 17.7 Å². The fourth-order valence-electron chi connectivity index (χ4n) is 3.52. The number of aryl methyl sites for hydroxylation is 2. The number of thiocarbonyl (C=S) groups is 1. The topological polar surface area (TPSA) is 76.4 Å². The van der Waals surface area contributed by atoms with Crippen molar-refractivity contribution >= 4 is 56.0 Å². The Hall–Kier alpha value is -3.23. The average molecular weight is 524 g/mol. The van der Waals surface area contributed by atoms with E-state index in [1.54, 1.807) is 25.3 Å². The second kappa shape index (κ2) is 9.72. The van der Waals surface area contributed by atoms with Crippen LogP contribution in [0.2, 0.25) is 0 Å². The number of hydrogen-bond acceptors (Lipinski definition) is 5. The first-order chi connectivity index (χ1) is 15.8. The first-order valence-corrected chi connectivity index (χ1v) is 11.4. The molecule has 4 rings (SSSR count). The van der Waals surface area contributed by atoms with E-state index in [4.69, 9.17) is 21.4 Å². The molecule has 0 aliphatic rings. The second-order valence-corrected chi connectivity index (χ2v) is 8.93. The summed E-state index contributed by atoms with van der Waals surface area (Å²) in [6, 6.07) is 16.9. The van der Waals surface area contributed by atoms with E-state index in [1.165, 1.54) is 0 Å². The summed E-state index contributed by atoms with van der Waals surface area (Å²) in [4.78, 5) is 17.1. The summed E-state index contributed by atoms with van der Waals surface area (Å²) >= 11 is 8.66. The zero-order valence-corrected chi connectivity index (χ0v) is 20.8. The molecule has 0 unspecified atom stereocenters. The molecular formula is C25H22BrN3O3S. The van der Waals surface area contributed by atoms with Gasteiger partial charge in [0.15, 0.2) is 16.6 Å². The largest absolute Gasteiger partial charge is 0.496 e. The van der Waals surface area contributed by atoms with Gasteiger partial charge in [-0.05, 0) is 95.1 Å². The number of amides is 1. The third-order valence-corrected chi connectivity index (χ3v) is 5.90. The second-order valence-electron chi connectivity index (χ2n) is 7.67. The molecule has 33 heavy (non-hydrogen) atoms. The Bertz CT molecular complexity index is 1350. The Labute approximate surface area is 205 Å². The number of halogens is 1. The van der Waals surface area contributed by atoms with Crippen LogP contribution in [0.25, 0.3) is 11.1 Å². The summed E-state index contributed by atoms with van der Waals surface area (Å²) in [6.07, 6.45) is 0.584. The zero-order valence-electron chi connectivity index (χ0n) is 18.4. The molecule has 168 valence electrons. The van der Waals surface area contributed by atoms with Gasteiger partial charge in [-0.1, -0.05) is 18.2 Å². The summed E-state index contributed by atoms with van der Waals surface area (Å²) in [6.45, 7) is 4.08. The highest BCUT2D eigenvalue weighted by molar-refractivity contribution is 9.10. The van der Waals surface area contributed by atoms with Gasteiger partial charge in [-0.3, -0.25) is 10.1 Å². The van der Waals surface area contributed by atoms with E-state index in [-0.39, 0.29) is 11.0 Å². The molecule has 0 saturated carbocycles. The van der Waals surface area contributed by atoms with Crippen molar-refractivity contribution in [3.05, 3.63) is 87.2 Å². The maximum absolute atomic E-state index is 12.5. The van der Waals surface area contributed by atoms with Crippen LogP contribution in [0.1, 0.15) is 32.9 Å². The number of nitrogens with zero attached hydrogens (tertiary/aromatic N) is 1. The van der Waals surface area contributed by atoms with Crippen LogP contribution < -0.4 is 15.4 Å². The lowest BCUT2D eigenvalue weighted by atomic mass is 10.1. The van der Waals surface area contributed by atoms with Crippen LogP contribution in [0.3, 0.4) is 0 Å². The summed E-state index contributed by atoms with van der Waals surface area (Å²) in [5, 5.41) is 5.93. The van der Waals surface area contributed by atoms with Crippen LogP contribution in [-0.2, 0) is 6.42 Å². The van der Waals surface area contributed by atoms with Crippen molar-refractivity contribution in [2.45, 2.75) is 20.3 Å². The van der Waals surface area contributed by atoms with E-state index in [2.05, 4.69) is 44.5 Å². The predicted octanol–water partition coefficient (Wildman–Crippen LogP) is 5.93. The molecule has 4 aromatic rings. The highest BCUT2D eigenvalue weighted by atomic mass is 79.9. The third kappa shape index (κ3) is 5.40. The number of carbonyl (C=O) groups excluding carboxylic acids is 1. The molecule has 0 atom stereocenters. The van der Waals surface area contributed by atoms with Gasteiger partial charge in [-0.2, -0.15) is 0 Å². The molecule has 1 heterocycles. The number of methoxy groups -OCH3 is 1. The van der Waals surface area contributed by atoms with Crippen LogP contribution in [0.5, 0.6) is 5.75 Å². The number of carbonyl (C=O) groups is 1. The minimum Gasteiger partial charge on any atom is -0.496 e. The zero-order chi connectivity index (χ0) is 23.5. The Balaban J connectivity index is 1.37. The highest BCUT2D eigenvalue weighted by Gasteiger charge is 2.12. The summed E-state index contributed by atoms with van der Waals surface area (Å²) in [5.41, 5.74) is 6.25. The van der Waals surface area contributed by atoms with Crippen molar-refractivity contribution in [3.63, 3.8) is 0 Å². The maximum Gasteiger partial charge on any atom is 0.257 e. The fraction of sp³-hybridized carbons (Fsp3) is 0.160. The number of oxazole rings is 1. The van der Waals surface area contributed by atoms with Crippen LogP contribution >= 0.6 is 28.1 Å². The quantitative estimate of drug-likeness (QED) is 0.315. The Morgan fingerprint density at radius 3 is 2.58 bits per heavy atom. The standard InChI is InChI=1S/C25H22BrN3O3S/c1-14-10-15(2)23-20(11-14)28-22(32-23)12-16-4-7-18(8-5-16)27-25(33)29-24(30)17-6-9-21(31-3)19(26)13-17/h4-11,13H,12H2,1-3H3,(H2,27,29,30,33). The summed E-state index contributed by atoms with van der Waals surface area (Å²) in [7, 11) is 1.57. The van der Waals surface area contributed by atoms with E-state index in [1.807, 2.05) is 37.3 Å². The predicted molar refractivity (Wildman–Crippen MR) is 137 cm³/mol. The van der Waals surface area contributed by atoms with Crippen LogP contribution in [0.15, 0.2) is 63.5 Å². The monoisotopic (exact) mass is 523 g/mol. The van der Waals surface area contributed by atoms with E-state index in [0.717, 1.165) is 33.5 Å². The van der Waals surface area contributed by atoms with Crippen molar-refractivity contribution in [2.75, 3.05) is 12.4 Å². The number of aromatic nitrogens is 1. The Morgan fingerprint density at radius 1 is 1.12 bits per heavy atom. The van der Waals surface area contributed by atoms with Gasteiger partial charge < -0.3 is 14.5 Å². The minimum atomic E-state index is -0.311. The number of benzene rings is 3. The van der Waals surface area contributed by atoms with Crippen molar-refractivity contribution in [2.24, 2.45) is 0 Å². The molecule has 0 spiro atoms. The van der Waals surface area contributed by atoms with Gasteiger partial charge in [0.25, 0.3) is 5.91 Å². The van der Waals surface area contributed by atoms with Gasteiger partial charge in [0.1, 0.15) is 11.3 Å². The lowest BCUT2D eigenvalue weighted by Gasteiger charge is -2.11. The third-order valence-electron chi connectivity index (χ3n) is 5.07. The minimum absolute atomic E-state index is 0.212. The van der Waals surface area contributed by atoms with Gasteiger partial charge in [-0.15, -0.1) is 0 Å². The molecule has 0 radical (unpaired) electrons. The van der Waals surface area contributed by atoms with Gasteiger partial charge >= 0.3 is 0 Å². The number of ether oxygens (including phenoxy) is 1. The number of nitrogens with one attached hydrogen (secondary N) is 2.